The lowest BCUT2D eigenvalue weighted by Gasteiger charge is -2.09. The van der Waals surface area contributed by atoms with E-state index < -0.39 is 0 Å². The number of anilines is 1. The van der Waals surface area contributed by atoms with Crippen molar-refractivity contribution in [2.24, 2.45) is 0 Å². The molecule has 0 aliphatic rings. The van der Waals surface area contributed by atoms with Gasteiger partial charge in [-0.2, -0.15) is 4.37 Å². The number of aromatic nitrogens is 1. The Morgan fingerprint density at radius 1 is 1.11 bits per heavy atom. The van der Waals surface area contributed by atoms with Crippen LogP contribution in [0.15, 0.2) is 42.5 Å². The van der Waals surface area contributed by atoms with Gasteiger partial charge >= 0.3 is 0 Å². The van der Waals surface area contributed by atoms with Gasteiger partial charge in [-0.05, 0) is 24.3 Å². The molecule has 96 valence electrons. The monoisotopic (exact) mass is 272 g/mol. The number of rotatable bonds is 3. The minimum absolute atomic E-state index is 0.609. The molecule has 0 spiro atoms. The highest BCUT2D eigenvalue weighted by Crippen LogP contribution is 2.38. The van der Waals surface area contributed by atoms with E-state index in [2.05, 4.69) is 4.37 Å². The van der Waals surface area contributed by atoms with E-state index in [0.29, 0.717) is 17.2 Å². The van der Waals surface area contributed by atoms with Crippen molar-refractivity contribution in [3.8, 4) is 16.6 Å². The van der Waals surface area contributed by atoms with E-state index in [1.165, 1.54) is 11.5 Å². The quantitative estimate of drug-likeness (QED) is 0.739. The molecule has 1 heterocycles. The van der Waals surface area contributed by atoms with Gasteiger partial charge in [0.15, 0.2) is 11.5 Å². The van der Waals surface area contributed by atoms with Crippen molar-refractivity contribution in [3.63, 3.8) is 0 Å². The van der Waals surface area contributed by atoms with Crippen LogP contribution in [0.4, 0.5) is 5.69 Å². The number of nitrogen functional groups attached to an aromatic ring is 1. The zero-order chi connectivity index (χ0) is 13.2. The van der Waals surface area contributed by atoms with Gasteiger partial charge in [0.05, 0.1) is 18.0 Å². The van der Waals surface area contributed by atoms with Crippen molar-refractivity contribution in [2.75, 3.05) is 12.8 Å². The second-order valence-corrected chi connectivity index (χ2v) is 4.74. The summed E-state index contributed by atoms with van der Waals surface area (Å²) in [6.07, 6.45) is 0. The van der Waals surface area contributed by atoms with Crippen LogP contribution >= 0.6 is 11.5 Å². The Morgan fingerprint density at radius 3 is 2.79 bits per heavy atom. The molecule has 0 aliphatic heterocycles. The number of nitrogens with two attached hydrogens (primary N) is 1. The van der Waals surface area contributed by atoms with E-state index in [1.54, 1.807) is 25.3 Å². The molecule has 0 aliphatic carbocycles. The molecule has 3 aromatic rings. The highest BCUT2D eigenvalue weighted by molar-refractivity contribution is 7.09. The van der Waals surface area contributed by atoms with Crippen molar-refractivity contribution < 1.29 is 9.47 Å². The summed E-state index contributed by atoms with van der Waals surface area (Å²) in [7, 11) is 1.59. The van der Waals surface area contributed by atoms with Crippen molar-refractivity contribution in [2.45, 2.75) is 0 Å². The molecule has 0 bridgehead atoms. The van der Waals surface area contributed by atoms with Crippen molar-refractivity contribution in [3.05, 3.63) is 42.5 Å². The lowest BCUT2D eigenvalue weighted by molar-refractivity contribution is 0.383. The van der Waals surface area contributed by atoms with Crippen LogP contribution < -0.4 is 15.2 Å². The van der Waals surface area contributed by atoms with Gasteiger partial charge in [0, 0.05) is 23.3 Å². The normalized spacial score (nSPS) is 10.6. The molecule has 1 aromatic heterocycles. The van der Waals surface area contributed by atoms with Gasteiger partial charge < -0.3 is 15.2 Å². The summed E-state index contributed by atoms with van der Waals surface area (Å²) in [4.78, 5) is 0. The molecular formula is C14H12N2O2S. The fourth-order valence-electron chi connectivity index (χ4n) is 1.81. The highest BCUT2D eigenvalue weighted by atomic mass is 32.1. The van der Waals surface area contributed by atoms with Gasteiger partial charge in [-0.1, -0.05) is 12.1 Å². The predicted molar refractivity (Wildman–Crippen MR) is 77.1 cm³/mol. The molecule has 4 nitrogen and oxygen atoms in total. The van der Waals surface area contributed by atoms with Gasteiger partial charge in [-0.25, -0.2) is 0 Å². The highest BCUT2D eigenvalue weighted by Gasteiger charge is 2.11. The number of nitrogens with zero attached hydrogens (tertiary/aromatic N) is 1. The van der Waals surface area contributed by atoms with Crippen LogP contribution in [-0.2, 0) is 0 Å². The molecule has 0 fully saturated rings. The molecule has 2 N–H and O–H groups in total. The molecular weight excluding hydrogens is 260 g/mol. The average molecular weight is 272 g/mol. The smallest absolute Gasteiger partial charge is 0.208 e. The molecule has 2 aromatic carbocycles. The summed E-state index contributed by atoms with van der Waals surface area (Å²) >= 11 is 1.32. The Bertz CT molecular complexity index is 724. The first-order valence-electron chi connectivity index (χ1n) is 5.73. The van der Waals surface area contributed by atoms with Gasteiger partial charge in [0.2, 0.25) is 5.06 Å². The third-order valence-electron chi connectivity index (χ3n) is 2.74. The number of ether oxygens (including phenoxy) is 2. The van der Waals surface area contributed by atoms with Crippen LogP contribution in [0.25, 0.3) is 10.9 Å². The summed E-state index contributed by atoms with van der Waals surface area (Å²) in [6, 6.07) is 13.2. The second-order valence-electron chi connectivity index (χ2n) is 4.00. The first-order chi connectivity index (χ1) is 9.28. The van der Waals surface area contributed by atoms with Crippen LogP contribution in [0.5, 0.6) is 16.6 Å². The van der Waals surface area contributed by atoms with Gasteiger partial charge in [0.1, 0.15) is 0 Å². The maximum atomic E-state index is 5.88. The molecule has 0 saturated heterocycles. The van der Waals surface area contributed by atoms with Crippen LogP contribution in [0.1, 0.15) is 0 Å². The lowest BCUT2D eigenvalue weighted by atomic mass is 10.2. The third-order valence-corrected chi connectivity index (χ3v) is 3.50. The van der Waals surface area contributed by atoms with Crippen LogP contribution in [0.2, 0.25) is 0 Å². The maximum Gasteiger partial charge on any atom is 0.208 e. The molecule has 3 rings (SSSR count). The average Bonchev–Trinajstić information content (AvgIpc) is 2.84. The molecule has 19 heavy (non-hydrogen) atoms. The lowest BCUT2D eigenvalue weighted by Crippen LogP contribution is -1.92. The Kier molecular flexibility index (Phi) is 2.97. The fourth-order valence-corrected chi connectivity index (χ4v) is 2.55. The van der Waals surface area contributed by atoms with Gasteiger partial charge in [0.25, 0.3) is 0 Å². The number of hydrogen-bond donors (Lipinski definition) is 1. The SMILES string of the molecule is COc1cc(N)ccc1Oc1snc2ccccc12. The third kappa shape index (κ3) is 2.20. The van der Waals surface area contributed by atoms with E-state index in [-0.39, 0.29) is 0 Å². The Balaban J connectivity index is 2.01. The Labute approximate surface area is 114 Å². The second kappa shape index (κ2) is 4.78. The summed E-state index contributed by atoms with van der Waals surface area (Å²) in [5, 5.41) is 1.74. The van der Waals surface area contributed by atoms with E-state index in [1.807, 2.05) is 24.3 Å². The summed E-state index contributed by atoms with van der Waals surface area (Å²) in [5.41, 5.74) is 7.29. The van der Waals surface area contributed by atoms with E-state index >= 15 is 0 Å². The molecule has 0 saturated carbocycles. The summed E-state index contributed by atoms with van der Waals surface area (Å²) in [5.74, 6) is 1.24. The van der Waals surface area contributed by atoms with E-state index in [9.17, 15) is 0 Å². The van der Waals surface area contributed by atoms with E-state index in [0.717, 1.165) is 16.0 Å². The first-order valence-corrected chi connectivity index (χ1v) is 6.51. The number of benzene rings is 2. The largest absolute Gasteiger partial charge is 0.493 e. The molecule has 0 radical (unpaired) electrons. The molecule has 0 amide bonds. The summed E-state index contributed by atoms with van der Waals surface area (Å²) < 4.78 is 15.5. The Morgan fingerprint density at radius 2 is 1.95 bits per heavy atom. The van der Waals surface area contributed by atoms with Crippen molar-refractivity contribution in [1.82, 2.24) is 4.37 Å². The van der Waals surface area contributed by atoms with Crippen molar-refractivity contribution >= 4 is 28.1 Å². The Hall–Kier alpha value is -2.27. The van der Waals surface area contributed by atoms with Crippen LogP contribution in [0.3, 0.4) is 0 Å². The van der Waals surface area contributed by atoms with Crippen molar-refractivity contribution in [1.29, 1.82) is 0 Å². The number of hydrogen-bond acceptors (Lipinski definition) is 5. The van der Waals surface area contributed by atoms with Gasteiger partial charge in [-0.15, -0.1) is 0 Å². The zero-order valence-electron chi connectivity index (χ0n) is 10.3. The van der Waals surface area contributed by atoms with Crippen LogP contribution in [-0.4, -0.2) is 11.5 Å². The minimum atomic E-state index is 0.609. The zero-order valence-corrected chi connectivity index (χ0v) is 11.1. The summed E-state index contributed by atoms with van der Waals surface area (Å²) in [6.45, 7) is 0. The molecule has 0 unspecified atom stereocenters. The standard InChI is InChI=1S/C14H12N2O2S/c1-17-13-8-9(15)6-7-12(13)18-14-10-4-2-3-5-11(10)16-19-14/h2-8H,15H2,1H3. The molecule has 0 atom stereocenters. The number of methoxy groups -OCH3 is 1. The minimum Gasteiger partial charge on any atom is -0.493 e. The topological polar surface area (TPSA) is 57.4 Å². The molecule has 5 heteroatoms. The maximum absolute atomic E-state index is 5.88. The van der Waals surface area contributed by atoms with E-state index in [4.69, 9.17) is 15.2 Å². The predicted octanol–water partition coefficient (Wildman–Crippen LogP) is 3.68. The number of fused-ring (bicyclic) bond motifs is 1. The van der Waals surface area contributed by atoms with Gasteiger partial charge in [-0.3, -0.25) is 0 Å². The fraction of sp³-hybridized carbons (Fsp3) is 0.0714. The first kappa shape index (κ1) is 11.8. The van der Waals surface area contributed by atoms with Crippen LogP contribution in [0, 0.1) is 0 Å².